The second kappa shape index (κ2) is 5.30. The summed E-state index contributed by atoms with van der Waals surface area (Å²) in [5.41, 5.74) is 7.26. The first kappa shape index (κ1) is 12.6. The molecule has 20 heavy (non-hydrogen) atoms. The first-order valence-electron chi connectivity index (χ1n) is 6.84. The van der Waals surface area contributed by atoms with Gasteiger partial charge in [0, 0.05) is 11.8 Å². The van der Waals surface area contributed by atoms with Crippen LogP contribution in [-0.4, -0.2) is 4.98 Å². The highest BCUT2D eigenvalue weighted by Crippen LogP contribution is 2.34. The zero-order valence-electron chi connectivity index (χ0n) is 11.8. The van der Waals surface area contributed by atoms with E-state index in [-0.39, 0.29) is 0 Å². The molecule has 2 aromatic carbocycles. The monoisotopic (exact) mass is 259 g/mol. The standard InChI is InChI=1S/C19H17N/c1-14-8-6-12-17(19-15(2)9-7-13-20-19)18(14)16-10-4-3-5-11-16/h3-13H,1-2H3. The third kappa shape index (κ3) is 2.23. The van der Waals surface area contributed by atoms with Crippen molar-refractivity contribution in [1.29, 1.82) is 0 Å². The zero-order chi connectivity index (χ0) is 13.9. The molecular weight excluding hydrogens is 242 g/mol. The fourth-order valence-electron chi connectivity index (χ4n) is 2.62. The highest BCUT2D eigenvalue weighted by atomic mass is 14.7. The van der Waals surface area contributed by atoms with E-state index in [0.29, 0.717) is 0 Å². The third-order valence-electron chi connectivity index (χ3n) is 3.60. The van der Waals surface area contributed by atoms with Crippen molar-refractivity contribution in [3.8, 4) is 22.4 Å². The Bertz CT molecular complexity index is 730. The van der Waals surface area contributed by atoms with Crippen LogP contribution in [-0.2, 0) is 0 Å². The summed E-state index contributed by atoms with van der Waals surface area (Å²) in [5, 5.41) is 0. The van der Waals surface area contributed by atoms with Crippen molar-refractivity contribution in [1.82, 2.24) is 4.98 Å². The second-order valence-corrected chi connectivity index (χ2v) is 5.03. The van der Waals surface area contributed by atoms with Crippen LogP contribution in [0.2, 0.25) is 0 Å². The maximum atomic E-state index is 4.58. The van der Waals surface area contributed by atoms with E-state index in [1.807, 2.05) is 18.3 Å². The topological polar surface area (TPSA) is 12.9 Å². The lowest BCUT2D eigenvalue weighted by Crippen LogP contribution is -1.93. The second-order valence-electron chi connectivity index (χ2n) is 5.03. The molecule has 0 radical (unpaired) electrons. The van der Waals surface area contributed by atoms with Crippen LogP contribution in [0, 0.1) is 13.8 Å². The Balaban J connectivity index is 2.28. The number of nitrogens with zero attached hydrogens (tertiary/aromatic N) is 1. The smallest absolute Gasteiger partial charge is 0.0737 e. The summed E-state index contributed by atoms with van der Waals surface area (Å²) in [6.45, 7) is 4.27. The molecule has 0 aliphatic rings. The molecule has 0 spiro atoms. The lowest BCUT2D eigenvalue weighted by Gasteiger charge is -2.14. The van der Waals surface area contributed by atoms with Crippen molar-refractivity contribution in [2.45, 2.75) is 13.8 Å². The lowest BCUT2D eigenvalue weighted by molar-refractivity contribution is 1.27. The van der Waals surface area contributed by atoms with Gasteiger partial charge < -0.3 is 0 Å². The first-order chi connectivity index (χ1) is 9.77. The van der Waals surface area contributed by atoms with Gasteiger partial charge in [0.2, 0.25) is 0 Å². The van der Waals surface area contributed by atoms with E-state index < -0.39 is 0 Å². The number of hydrogen-bond donors (Lipinski definition) is 0. The average Bonchev–Trinajstić information content (AvgIpc) is 2.48. The Morgan fingerprint density at radius 2 is 1.45 bits per heavy atom. The van der Waals surface area contributed by atoms with Gasteiger partial charge in [-0.1, -0.05) is 54.6 Å². The minimum atomic E-state index is 1.06. The highest BCUT2D eigenvalue weighted by Gasteiger charge is 2.12. The fraction of sp³-hybridized carbons (Fsp3) is 0.105. The molecule has 3 rings (SSSR count). The van der Waals surface area contributed by atoms with Gasteiger partial charge in [0.05, 0.1) is 5.69 Å². The Morgan fingerprint density at radius 1 is 0.700 bits per heavy atom. The molecule has 1 heteroatoms. The summed E-state index contributed by atoms with van der Waals surface area (Å²) in [6.07, 6.45) is 1.86. The molecule has 1 aromatic heterocycles. The van der Waals surface area contributed by atoms with Gasteiger partial charge in [-0.25, -0.2) is 0 Å². The fourth-order valence-corrected chi connectivity index (χ4v) is 2.62. The Hall–Kier alpha value is -2.41. The SMILES string of the molecule is Cc1cccnc1-c1cccc(C)c1-c1ccccc1. The predicted molar refractivity (Wildman–Crippen MR) is 84.6 cm³/mol. The Labute approximate surface area is 119 Å². The van der Waals surface area contributed by atoms with Gasteiger partial charge in [-0.2, -0.15) is 0 Å². The lowest BCUT2D eigenvalue weighted by atomic mass is 9.92. The first-order valence-corrected chi connectivity index (χ1v) is 6.84. The van der Waals surface area contributed by atoms with Crippen LogP contribution < -0.4 is 0 Å². The van der Waals surface area contributed by atoms with Crippen LogP contribution in [0.3, 0.4) is 0 Å². The summed E-state index contributed by atoms with van der Waals surface area (Å²) in [4.78, 5) is 4.58. The van der Waals surface area contributed by atoms with Crippen LogP contribution in [0.25, 0.3) is 22.4 Å². The van der Waals surface area contributed by atoms with E-state index in [1.54, 1.807) is 0 Å². The molecule has 0 saturated carbocycles. The number of benzene rings is 2. The maximum absolute atomic E-state index is 4.58. The molecule has 0 amide bonds. The van der Waals surface area contributed by atoms with Gasteiger partial charge in [-0.15, -0.1) is 0 Å². The molecule has 1 nitrogen and oxygen atoms in total. The van der Waals surface area contributed by atoms with Gasteiger partial charge >= 0.3 is 0 Å². The average molecular weight is 259 g/mol. The van der Waals surface area contributed by atoms with Crippen LogP contribution in [0.15, 0.2) is 66.9 Å². The minimum Gasteiger partial charge on any atom is -0.256 e. The van der Waals surface area contributed by atoms with E-state index in [0.717, 1.165) is 5.69 Å². The maximum Gasteiger partial charge on any atom is 0.0737 e. The van der Waals surface area contributed by atoms with Crippen molar-refractivity contribution < 1.29 is 0 Å². The number of hydrogen-bond acceptors (Lipinski definition) is 1. The van der Waals surface area contributed by atoms with Gasteiger partial charge in [0.15, 0.2) is 0 Å². The molecule has 0 bridgehead atoms. The molecular formula is C19H17N. The molecule has 0 saturated heterocycles. The van der Waals surface area contributed by atoms with Crippen molar-refractivity contribution in [2.75, 3.05) is 0 Å². The molecule has 0 N–H and O–H groups in total. The van der Waals surface area contributed by atoms with E-state index in [4.69, 9.17) is 0 Å². The van der Waals surface area contributed by atoms with E-state index in [1.165, 1.54) is 27.8 Å². The molecule has 98 valence electrons. The number of aryl methyl sites for hydroxylation is 2. The van der Waals surface area contributed by atoms with Crippen molar-refractivity contribution in [3.63, 3.8) is 0 Å². The summed E-state index contributed by atoms with van der Waals surface area (Å²) in [6, 6.07) is 21.0. The minimum absolute atomic E-state index is 1.06. The molecule has 0 unspecified atom stereocenters. The predicted octanol–water partition coefficient (Wildman–Crippen LogP) is 5.03. The van der Waals surface area contributed by atoms with Crippen LogP contribution in [0.4, 0.5) is 0 Å². The Morgan fingerprint density at radius 3 is 2.20 bits per heavy atom. The number of pyridine rings is 1. The highest BCUT2D eigenvalue weighted by molar-refractivity contribution is 5.85. The molecule has 0 aliphatic heterocycles. The van der Waals surface area contributed by atoms with Crippen molar-refractivity contribution in [2.24, 2.45) is 0 Å². The zero-order valence-corrected chi connectivity index (χ0v) is 11.8. The molecule has 0 fully saturated rings. The van der Waals surface area contributed by atoms with Crippen LogP contribution >= 0.6 is 0 Å². The number of rotatable bonds is 2. The third-order valence-corrected chi connectivity index (χ3v) is 3.60. The van der Waals surface area contributed by atoms with Gasteiger partial charge in [-0.05, 0) is 42.2 Å². The largest absolute Gasteiger partial charge is 0.256 e. The number of aromatic nitrogens is 1. The van der Waals surface area contributed by atoms with Crippen LogP contribution in [0.5, 0.6) is 0 Å². The van der Waals surface area contributed by atoms with Crippen LogP contribution in [0.1, 0.15) is 11.1 Å². The quantitative estimate of drug-likeness (QED) is 0.628. The van der Waals surface area contributed by atoms with E-state index >= 15 is 0 Å². The van der Waals surface area contributed by atoms with E-state index in [2.05, 4.69) is 67.4 Å². The van der Waals surface area contributed by atoms with Crippen molar-refractivity contribution in [3.05, 3.63) is 78.0 Å². The molecule has 0 aliphatic carbocycles. The summed E-state index contributed by atoms with van der Waals surface area (Å²) in [5.74, 6) is 0. The summed E-state index contributed by atoms with van der Waals surface area (Å²) >= 11 is 0. The Kier molecular flexibility index (Phi) is 3.34. The summed E-state index contributed by atoms with van der Waals surface area (Å²) < 4.78 is 0. The molecule has 3 aromatic rings. The van der Waals surface area contributed by atoms with Gasteiger partial charge in [-0.3, -0.25) is 4.98 Å². The molecule has 0 atom stereocenters. The molecule has 1 heterocycles. The normalized spacial score (nSPS) is 10.5. The van der Waals surface area contributed by atoms with Gasteiger partial charge in [0.25, 0.3) is 0 Å². The van der Waals surface area contributed by atoms with E-state index in [9.17, 15) is 0 Å². The summed E-state index contributed by atoms with van der Waals surface area (Å²) in [7, 11) is 0. The van der Waals surface area contributed by atoms with Gasteiger partial charge in [0.1, 0.15) is 0 Å². The van der Waals surface area contributed by atoms with Crippen molar-refractivity contribution >= 4 is 0 Å².